The average molecular weight is 498 g/mol. The molecule has 0 radical (unpaired) electrons. The van der Waals surface area contributed by atoms with Gasteiger partial charge < -0.3 is 19.5 Å². The number of ether oxygens (including phenoxy) is 3. The second kappa shape index (κ2) is 8.53. The zero-order valence-corrected chi connectivity index (χ0v) is 22.7. The van der Waals surface area contributed by atoms with Gasteiger partial charge in [-0.1, -0.05) is 0 Å². The third-order valence-corrected chi connectivity index (χ3v) is 6.87. The molecule has 1 heterocycles. The van der Waals surface area contributed by atoms with Crippen LogP contribution in [0.25, 0.3) is 0 Å². The van der Waals surface area contributed by atoms with Gasteiger partial charge in [0.2, 0.25) is 0 Å². The largest absolute Gasteiger partial charge is 0.460 e. The second-order valence-corrected chi connectivity index (χ2v) is 13.6. The maximum atomic E-state index is 13.6. The van der Waals surface area contributed by atoms with E-state index in [0.29, 0.717) is 6.42 Å². The Bertz CT molecular complexity index is 936. The lowest BCUT2D eigenvalue weighted by Gasteiger charge is -2.35. The molecule has 0 aromatic carbocycles. The summed E-state index contributed by atoms with van der Waals surface area (Å²) in [7, 11) is 1.89. The van der Waals surface area contributed by atoms with E-state index in [1.54, 1.807) is 53.3 Å². The number of esters is 2. The highest BCUT2D eigenvalue weighted by Crippen LogP contribution is 2.66. The van der Waals surface area contributed by atoms with Gasteiger partial charge >= 0.3 is 18.0 Å². The van der Waals surface area contributed by atoms with E-state index in [2.05, 4.69) is 10.4 Å². The number of rotatable bonds is 5. The fourth-order valence-corrected chi connectivity index (χ4v) is 6.22. The van der Waals surface area contributed by atoms with Crippen molar-refractivity contribution in [1.29, 1.82) is 0 Å². The van der Waals surface area contributed by atoms with Gasteiger partial charge in [0, 0.05) is 18.2 Å². The van der Waals surface area contributed by atoms with Gasteiger partial charge in [-0.25, -0.2) is 9.59 Å². The minimum Gasteiger partial charge on any atom is -0.460 e. The first-order chi connectivity index (χ1) is 15.3. The SMILES string of the molecule is Cn1cc(S[C@H]2C[C@@](NC(=O)OC(C)(C)C)(C(=O)OC(C)(C)C)[C@@H]3[C@@H](C(=O)OC(C)(C)C)[C@@H]32)[nH]1. The third-order valence-electron chi connectivity index (χ3n) is 5.64. The molecule has 192 valence electrons. The van der Waals surface area contributed by atoms with Crippen molar-refractivity contribution in [3.63, 3.8) is 0 Å². The van der Waals surface area contributed by atoms with Crippen LogP contribution < -0.4 is 5.32 Å². The van der Waals surface area contributed by atoms with Crippen LogP contribution in [0.2, 0.25) is 0 Å². The number of thioether (sulfide) groups is 1. The first-order valence-corrected chi connectivity index (χ1v) is 12.5. The van der Waals surface area contributed by atoms with Crippen LogP contribution in [-0.4, -0.2) is 55.4 Å². The van der Waals surface area contributed by atoms with Crippen LogP contribution in [0.4, 0.5) is 4.79 Å². The number of aromatic nitrogens is 2. The van der Waals surface area contributed by atoms with Crippen LogP contribution in [-0.2, 0) is 30.8 Å². The monoisotopic (exact) mass is 497 g/mol. The number of alkyl carbamates (subject to hydrolysis) is 1. The van der Waals surface area contributed by atoms with Gasteiger partial charge in [-0.3, -0.25) is 14.6 Å². The van der Waals surface area contributed by atoms with Crippen LogP contribution in [0.15, 0.2) is 11.2 Å². The quantitative estimate of drug-likeness (QED) is 0.467. The summed E-state index contributed by atoms with van der Waals surface area (Å²) in [4.78, 5) is 39.7. The summed E-state index contributed by atoms with van der Waals surface area (Å²) in [6, 6.07) is 0. The molecule has 2 aliphatic carbocycles. The van der Waals surface area contributed by atoms with Gasteiger partial charge in [0.1, 0.15) is 27.4 Å². The normalized spacial score (nSPS) is 28.8. The molecule has 0 aliphatic heterocycles. The molecule has 2 saturated carbocycles. The van der Waals surface area contributed by atoms with Gasteiger partial charge in [0.15, 0.2) is 0 Å². The van der Waals surface area contributed by atoms with Gasteiger partial charge in [-0.2, -0.15) is 0 Å². The first-order valence-electron chi connectivity index (χ1n) is 11.7. The number of carbonyl (C=O) groups excluding carboxylic acids is 3. The molecule has 10 heteroatoms. The number of nitrogens with zero attached hydrogens (tertiary/aromatic N) is 1. The molecule has 1 amide bonds. The maximum absolute atomic E-state index is 13.6. The zero-order chi connectivity index (χ0) is 25.9. The summed E-state index contributed by atoms with van der Waals surface area (Å²) in [5.41, 5.74) is -3.57. The Morgan fingerprint density at radius 3 is 2.00 bits per heavy atom. The fourth-order valence-electron chi connectivity index (χ4n) is 4.64. The van der Waals surface area contributed by atoms with E-state index in [4.69, 9.17) is 14.2 Å². The highest BCUT2D eigenvalue weighted by atomic mass is 32.2. The molecule has 0 spiro atoms. The van der Waals surface area contributed by atoms with E-state index >= 15 is 0 Å². The Labute approximate surface area is 206 Å². The molecule has 0 unspecified atom stereocenters. The number of carbonyl (C=O) groups is 3. The lowest BCUT2D eigenvalue weighted by Crippen LogP contribution is -2.59. The average Bonchev–Trinajstić information content (AvgIpc) is 3.23. The van der Waals surface area contributed by atoms with Crippen molar-refractivity contribution in [3.05, 3.63) is 6.20 Å². The molecule has 34 heavy (non-hydrogen) atoms. The molecular formula is C24H39N3O6S. The van der Waals surface area contributed by atoms with Gasteiger partial charge in [-0.05, 0) is 74.7 Å². The van der Waals surface area contributed by atoms with Gasteiger partial charge in [-0.15, -0.1) is 11.8 Å². The zero-order valence-electron chi connectivity index (χ0n) is 21.9. The Balaban J connectivity index is 1.96. The highest BCUT2D eigenvalue weighted by Gasteiger charge is 2.76. The van der Waals surface area contributed by atoms with Crippen LogP contribution in [0.3, 0.4) is 0 Å². The Morgan fingerprint density at radius 1 is 1.00 bits per heavy atom. The number of amides is 1. The smallest absolute Gasteiger partial charge is 0.408 e. The molecule has 1 aromatic rings. The van der Waals surface area contributed by atoms with Crippen molar-refractivity contribution in [2.75, 3.05) is 0 Å². The van der Waals surface area contributed by atoms with Crippen molar-refractivity contribution in [2.24, 2.45) is 24.8 Å². The molecule has 0 bridgehead atoms. The summed E-state index contributed by atoms with van der Waals surface area (Å²) in [6.45, 7) is 16.1. The predicted molar refractivity (Wildman–Crippen MR) is 128 cm³/mol. The van der Waals surface area contributed by atoms with Gasteiger partial charge in [0.25, 0.3) is 0 Å². The van der Waals surface area contributed by atoms with Crippen molar-refractivity contribution in [3.8, 4) is 0 Å². The molecule has 2 fully saturated rings. The van der Waals surface area contributed by atoms with E-state index in [1.165, 1.54) is 0 Å². The van der Waals surface area contributed by atoms with E-state index in [0.717, 1.165) is 5.03 Å². The van der Waals surface area contributed by atoms with Crippen molar-refractivity contribution >= 4 is 29.8 Å². The summed E-state index contributed by atoms with van der Waals surface area (Å²) in [6.07, 6.45) is 1.56. The molecule has 2 aliphatic rings. The minimum absolute atomic E-state index is 0.0996. The van der Waals surface area contributed by atoms with E-state index in [1.807, 2.05) is 38.7 Å². The molecule has 1 aromatic heterocycles. The number of H-pyrrole nitrogens is 1. The van der Waals surface area contributed by atoms with E-state index in [-0.39, 0.29) is 17.1 Å². The van der Waals surface area contributed by atoms with Gasteiger partial charge in [0.05, 0.1) is 12.1 Å². The number of hydrogen-bond donors (Lipinski definition) is 2. The maximum Gasteiger partial charge on any atom is 0.408 e. The fraction of sp³-hybridized carbons (Fsp3) is 0.792. The van der Waals surface area contributed by atoms with E-state index in [9.17, 15) is 14.4 Å². The van der Waals surface area contributed by atoms with Crippen LogP contribution in [0.1, 0.15) is 68.7 Å². The molecule has 5 atom stereocenters. The molecular weight excluding hydrogens is 458 g/mol. The van der Waals surface area contributed by atoms with Crippen molar-refractivity contribution < 1.29 is 28.6 Å². The van der Waals surface area contributed by atoms with Crippen LogP contribution in [0.5, 0.6) is 0 Å². The summed E-state index contributed by atoms with van der Waals surface area (Å²) < 4.78 is 18.8. The van der Waals surface area contributed by atoms with E-state index < -0.39 is 46.2 Å². The highest BCUT2D eigenvalue weighted by molar-refractivity contribution is 7.99. The Kier molecular flexibility index (Phi) is 6.65. The number of aryl methyl sites for hydroxylation is 1. The minimum atomic E-state index is -1.39. The molecule has 2 N–H and O–H groups in total. The lowest BCUT2D eigenvalue weighted by atomic mass is 9.89. The summed E-state index contributed by atoms with van der Waals surface area (Å²) >= 11 is 1.57. The number of nitrogens with one attached hydrogen (secondary N) is 2. The Hall–Kier alpha value is -2.10. The van der Waals surface area contributed by atoms with Crippen LogP contribution in [0, 0.1) is 17.8 Å². The number of hydrogen-bond acceptors (Lipinski definition) is 7. The second-order valence-electron chi connectivity index (χ2n) is 12.3. The summed E-state index contributed by atoms with van der Waals surface area (Å²) in [5, 5.41) is 6.87. The lowest BCUT2D eigenvalue weighted by molar-refractivity contribution is -0.165. The molecule has 9 nitrogen and oxygen atoms in total. The van der Waals surface area contributed by atoms with Crippen molar-refractivity contribution in [1.82, 2.24) is 15.1 Å². The predicted octanol–water partition coefficient (Wildman–Crippen LogP) is 4.03. The Morgan fingerprint density at radius 2 is 1.53 bits per heavy atom. The molecule has 0 saturated heterocycles. The number of aromatic amines is 1. The van der Waals surface area contributed by atoms with Crippen molar-refractivity contribution in [2.45, 2.75) is 101 Å². The number of fused-ring (bicyclic) bond motifs is 1. The van der Waals surface area contributed by atoms with Crippen LogP contribution >= 0.6 is 11.8 Å². The first kappa shape index (κ1) is 26.5. The topological polar surface area (TPSA) is 112 Å². The molecule has 3 rings (SSSR count). The standard InChI is InChI=1S/C24H39N3O6S/c1-21(2,3)31-18(28)16-15-13(34-14-12-27(10)26-14)11-24(17(15)16,19(29)32-22(4,5)6)25-20(30)33-23(7,8)9/h12-13,15-17,26H,11H2,1-10H3,(H,25,30)/t13-,15-,16-,17-,24-/m0/s1. The third kappa shape index (κ3) is 5.93. The summed E-state index contributed by atoms with van der Waals surface area (Å²) in [5.74, 6) is -2.02.